The topological polar surface area (TPSA) is 4.93 Å². The van der Waals surface area contributed by atoms with Crippen molar-refractivity contribution in [3.05, 3.63) is 59.7 Å². The number of aromatic nitrogens is 1. The van der Waals surface area contributed by atoms with E-state index in [2.05, 4.69) is 60.1 Å². The number of rotatable bonds is 1. The molecule has 0 N–H and O–H groups in total. The summed E-state index contributed by atoms with van der Waals surface area (Å²) >= 11 is 0. The molecule has 1 heteroatoms. The summed E-state index contributed by atoms with van der Waals surface area (Å²) in [4.78, 5) is 0. The second-order valence-corrected chi connectivity index (χ2v) is 12.4. The fraction of sp³-hybridized carbons (Fsp3) is 0.517. The van der Waals surface area contributed by atoms with Crippen molar-refractivity contribution in [3.8, 4) is 11.3 Å². The number of benzene rings is 2. The number of aryl methyl sites for hydroxylation is 1. The highest BCUT2D eigenvalue weighted by Gasteiger charge is 2.92. The summed E-state index contributed by atoms with van der Waals surface area (Å²) < 4.78 is 2.58. The molecule has 11 rings (SSSR count). The van der Waals surface area contributed by atoms with Gasteiger partial charge in [0.1, 0.15) is 0 Å². The molecule has 0 spiro atoms. The highest BCUT2D eigenvalue weighted by atomic mass is 15.0. The normalized spacial score (nSPS) is 56.8. The summed E-state index contributed by atoms with van der Waals surface area (Å²) in [7, 11) is 2.35. The summed E-state index contributed by atoms with van der Waals surface area (Å²) in [6.07, 6.45) is 0. The van der Waals surface area contributed by atoms with E-state index in [-0.39, 0.29) is 0 Å². The third-order valence-electron chi connectivity index (χ3n) is 12.8. The molecule has 146 valence electrons. The van der Waals surface area contributed by atoms with E-state index in [0.717, 1.165) is 65.1 Å². The van der Waals surface area contributed by atoms with E-state index in [1.807, 2.05) is 0 Å². The molecule has 1 heterocycles. The van der Waals surface area contributed by atoms with Crippen molar-refractivity contribution < 1.29 is 0 Å². The molecule has 14 unspecified atom stereocenters. The first-order chi connectivity index (χ1) is 14.9. The van der Waals surface area contributed by atoms with Gasteiger partial charge in [-0.05, 0) is 106 Å². The first-order valence-electron chi connectivity index (χ1n) is 12.5. The molecule has 0 aliphatic heterocycles. The fourth-order valence-electron chi connectivity index (χ4n) is 13.1. The van der Waals surface area contributed by atoms with Crippen LogP contribution in [0.1, 0.15) is 23.0 Å². The highest BCUT2D eigenvalue weighted by molar-refractivity contribution is 5.93. The predicted molar refractivity (Wildman–Crippen MR) is 116 cm³/mol. The van der Waals surface area contributed by atoms with Crippen molar-refractivity contribution in [1.82, 2.24) is 4.57 Å². The van der Waals surface area contributed by atoms with Gasteiger partial charge in [-0.25, -0.2) is 0 Å². The molecule has 14 atom stereocenters. The minimum atomic E-state index is 0.889. The Morgan fingerprint density at radius 2 is 1.07 bits per heavy atom. The Morgan fingerprint density at radius 1 is 0.567 bits per heavy atom. The van der Waals surface area contributed by atoms with Crippen LogP contribution in [0.25, 0.3) is 22.2 Å². The van der Waals surface area contributed by atoms with E-state index in [4.69, 9.17) is 0 Å². The molecule has 0 radical (unpaired) electrons. The van der Waals surface area contributed by atoms with Crippen molar-refractivity contribution in [2.24, 2.45) is 78.1 Å². The van der Waals surface area contributed by atoms with Crippen LogP contribution in [0.5, 0.6) is 0 Å². The number of hydrogen-bond acceptors (Lipinski definition) is 0. The zero-order chi connectivity index (χ0) is 18.8. The van der Waals surface area contributed by atoms with Crippen LogP contribution < -0.4 is 0 Å². The van der Waals surface area contributed by atoms with Crippen LogP contribution in [0.15, 0.2) is 48.5 Å². The van der Waals surface area contributed by atoms with Crippen LogP contribution in [-0.4, -0.2) is 4.57 Å². The highest BCUT2D eigenvalue weighted by Crippen LogP contribution is 2.97. The molecule has 0 amide bonds. The van der Waals surface area contributed by atoms with E-state index in [9.17, 15) is 0 Å². The van der Waals surface area contributed by atoms with Gasteiger partial charge < -0.3 is 4.57 Å². The molecule has 2 bridgehead atoms. The van der Waals surface area contributed by atoms with Crippen molar-refractivity contribution in [3.63, 3.8) is 0 Å². The molecular weight excluding hydrogens is 362 g/mol. The monoisotopic (exact) mass is 387 g/mol. The molecule has 2 aromatic carbocycles. The van der Waals surface area contributed by atoms with Gasteiger partial charge in [0, 0.05) is 18.1 Å². The molecule has 3 aromatic rings. The Bertz CT molecular complexity index is 1360. The SMILES string of the molecule is Cn1c(-c2ccccc2)cc2c3ccc(c21)C1C2C4C5C3C3C1C1C2C4C2C5C3C12. The molecule has 7 saturated carbocycles. The number of hydrogen-bond donors (Lipinski definition) is 0. The van der Waals surface area contributed by atoms with Crippen molar-refractivity contribution >= 4 is 10.9 Å². The van der Waals surface area contributed by atoms with Gasteiger partial charge in [-0.1, -0.05) is 42.5 Å². The number of nitrogens with zero attached hydrogens (tertiary/aromatic N) is 1. The van der Waals surface area contributed by atoms with Gasteiger partial charge in [-0.15, -0.1) is 0 Å². The van der Waals surface area contributed by atoms with Gasteiger partial charge >= 0.3 is 0 Å². The van der Waals surface area contributed by atoms with Crippen LogP contribution in [0.2, 0.25) is 0 Å². The maximum atomic E-state index is 2.63. The zero-order valence-electron chi connectivity index (χ0n) is 17.1. The van der Waals surface area contributed by atoms with Crippen LogP contribution in [0, 0.1) is 71.0 Å². The van der Waals surface area contributed by atoms with Crippen LogP contribution >= 0.6 is 0 Å². The summed E-state index contributed by atoms with van der Waals surface area (Å²) in [5.41, 5.74) is 7.93. The molecule has 1 nitrogen and oxygen atoms in total. The molecular formula is C29H25N. The summed E-state index contributed by atoms with van der Waals surface area (Å²) in [6, 6.07) is 18.9. The first kappa shape index (κ1) is 14.1. The van der Waals surface area contributed by atoms with E-state index < -0.39 is 0 Å². The summed E-state index contributed by atoms with van der Waals surface area (Å²) in [5.74, 6) is 15.2. The lowest BCUT2D eigenvalue weighted by Crippen LogP contribution is -2.46. The first-order valence-corrected chi connectivity index (χ1v) is 12.5. The van der Waals surface area contributed by atoms with E-state index >= 15 is 0 Å². The van der Waals surface area contributed by atoms with Crippen LogP contribution in [0.3, 0.4) is 0 Å². The maximum absolute atomic E-state index is 2.63. The van der Waals surface area contributed by atoms with Crippen LogP contribution in [-0.2, 0) is 7.05 Å². The molecule has 1 aromatic heterocycles. The number of fused-ring (bicyclic) bond motifs is 6. The Morgan fingerprint density at radius 3 is 1.73 bits per heavy atom. The second-order valence-electron chi connectivity index (χ2n) is 12.4. The van der Waals surface area contributed by atoms with Crippen molar-refractivity contribution in [2.75, 3.05) is 0 Å². The second kappa shape index (κ2) is 3.83. The average Bonchev–Trinajstić information content (AvgIpc) is 3.44. The van der Waals surface area contributed by atoms with Gasteiger partial charge in [0.15, 0.2) is 0 Å². The van der Waals surface area contributed by atoms with Gasteiger partial charge in [-0.2, -0.15) is 0 Å². The van der Waals surface area contributed by atoms with Gasteiger partial charge in [0.2, 0.25) is 0 Å². The smallest absolute Gasteiger partial charge is 0.0521 e. The van der Waals surface area contributed by atoms with Crippen LogP contribution in [0.4, 0.5) is 0 Å². The van der Waals surface area contributed by atoms with Crippen molar-refractivity contribution in [2.45, 2.75) is 11.8 Å². The Kier molecular flexibility index (Phi) is 1.80. The van der Waals surface area contributed by atoms with E-state index in [1.54, 1.807) is 22.0 Å². The minimum absolute atomic E-state index is 0.889. The Labute approximate surface area is 176 Å². The zero-order valence-corrected chi connectivity index (χ0v) is 17.1. The summed E-state index contributed by atoms with van der Waals surface area (Å²) in [6.45, 7) is 0. The van der Waals surface area contributed by atoms with Gasteiger partial charge in [0.05, 0.1) is 5.52 Å². The minimum Gasteiger partial charge on any atom is -0.343 e. The Hall–Kier alpha value is -2.02. The third-order valence-corrected chi connectivity index (χ3v) is 12.8. The lowest BCUT2D eigenvalue weighted by atomic mass is 9.54. The molecule has 8 aliphatic carbocycles. The predicted octanol–water partition coefficient (Wildman–Crippen LogP) is 5.52. The molecule has 0 saturated heterocycles. The van der Waals surface area contributed by atoms with Gasteiger partial charge in [0.25, 0.3) is 0 Å². The van der Waals surface area contributed by atoms with E-state index in [0.29, 0.717) is 0 Å². The Balaban J connectivity index is 1.30. The standard InChI is InChI=1S/C29H25N/c1-30-14(10-5-3-2-4-6-10)9-13-11-7-8-12(29(13)30)16-19-17-15(11)18-21-20(16)25-24(19)27-22(17)23(18)28(27)26(21)25/h2-9,15-28H,1H3. The van der Waals surface area contributed by atoms with E-state index in [1.165, 1.54) is 29.0 Å². The third kappa shape index (κ3) is 1.01. The lowest BCUT2D eigenvalue weighted by molar-refractivity contribution is -0.0167. The molecule has 30 heavy (non-hydrogen) atoms. The maximum Gasteiger partial charge on any atom is 0.0521 e. The average molecular weight is 388 g/mol. The van der Waals surface area contributed by atoms with Crippen molar-refractivity contribution in [1.29, 1.82) is 0 Å². The quantitative estimate of drug-likeness (QED) is 0.518. The summed E-state index contributed by atoms with van der Waals surface area (Å²) in [5, 5.41) is 1.63. The molecule has 8 aliphatic rings. The lowest BCUT2D eigenvalue weighted by Gasteiger charge is -2.50. The largest absolute Gasteiger partial charge is 0.343 e. The van der Waals surface area contributed by atoms with Gasteiger partial charge in [-0.3, -0.25) is 0 Å². The fourth-order valence-corrected chi connectivity index (χ4v) is 13.1. The molecule has 7 fully saturated rings.